The van der Waals surface area contributed by atoms with Crippen molar-refractivity contribution in [3.8, 4) is 5.88 Å². The summed E-state index contributed by atoms with van der Waals surface area (Å²) >= 11 is 0. The summed E-state index contributed by atoms with van der Waals surface area (Å²) in [5.74, 6) is 0.668. The number of aromatic nitrogens is 1. The molecule has 0 saturated carbocycles. The molecule has 0 aliphatic carbocycles. The van der Waals surface area contributed by atoms with Crippen LogP contribution in [0.25, 0.3) is 0 Å². The predicted octanol–water partition coefficient (Wildman–Crippen LogP) is 2.43. The van der Waals surface area contributed by atoms with Crippen LogP contribution >= 0.6 is 0 Å². The highest BCUT2D eigenvalue weighted by Crippen LogP contribution is 2.11. The molecule has 1 rings (SSSR count). The largest absolute Gasteiger partial charge is 0.481 e. The highest BCUT2D eigenvalue weighted by Gasteiger charge is 2.09. The van der Waals surface area contributed by atoms with E-state index in [0.29, 0.717) is 11.9 Å². The molecule has 1 unspecified atom stereocenters. The van der Waals surface area contributed by atoms with Crippen LogP contribution < -0.4 is 10.1 Å². The first-order chi connectivity index (χ1) is 9.30. The molecule has 1 heterocycles. The van der Waals surface area contributed by atoms with Crippen molar-refractivity contribution in [1.82, 2.24) is 10.3 Å². The van der Waals surface area contributed by atoms with Crippen LogP contribution in [-0.4, -0.2) is 38.4 Å². The topological polar surface area (TPSA) is 43.4 Å². The lowest BCUT2D eigenvalue weighted by molar-refractivity contribution is 0.188. The van der Waals surface area contributed by atoms with E-state index in [2.05, 4.69) is 23.3 Å². The monoisotopic (exact) mass is 266 g/mol. The molecule has 1 N–H and O–H groups in total. The van der Waals surface area contributed by atoms with Crippen LogP contribution in [0.1, 0.15) is 31.7 Å². The minimum Gasteiger partial charge on any atom is -0.481 e. The van der Waals surface area contributed by atoms with Gasteiger partial charge in [0.05, 0.1) is 7.11 Å². The Morgan fingerprint density at radius 3 is 2.74 bits per heavy atom. The normalized spacial score (nSPS) is 12.4. The van der Waals surface area contributed by atoms with Crippen molar-refractivity contribution in [2.24, 2.45) is 0 Å². The summed E-state index contributed by atoms with van der Waals surface area (Å²) in [7, 11) is 3.39. The van der Waals surface area contributed by atoms with Crippen LogP contribution in [-0.2, 0) is 11.2 Å². The minimum atomic E-state index is 0.491. The molecule has 0 aromatic carbocycles. The maximum atomic E-state index is 5.12. The maximum absolute atomic E-state index is 5.12. The summed E-state index contributed by atoms with van der Waals surface area (Å²) in [6.45, 7) is 4.07. The summed E-state index contributed by atoms with van der Waals surface area (Å²) in [6, 6.07) is 4.50. The maximum Gasteiger partial charge on any atom is 0.212 e. The molecule has 0 radical (unpaired) electrons. The molecule has 0 fully saturated rings. The van der Waals surface area contributed by atoms with Crippen molar-refractivity contribution in [2.75, 3.05) is 27.4 Å². The molecule has 1 aromatic heterocycles. The zero-order chi connectivity index (χ0) is 13.9. The van der Waals surface area contributed by atoms with Gasteiger partial charge < -0.3 is 14.8 Å². The lowest BCUT2D eigenvalue weighted by Gasteiger charge is -2.18. The van der Waals surface area contributed by atoms with Crippen molar-refractivity contribution < 1.29 is 9.47 Å². The first-order valence-corrected chi connectivity index (χ1v) is 7.01. The van der Waals surface area contributed by atoms with E-state index in [1.807, 2.05) is 12.3 Å². The highest BCUT2D eigenvalue weighted by molar-refractivity contribution is 5.18. The highest BCUT2D eigenvalue weighted by atomic mass is 16.5. The van der Waals surface area contributed by atoms with Gasteiger partial charge in [-0.05, 0) is 37.8 Å². The molecule has 1 aromatic rings. The standard InChI is InChI=1S/C15H26N2O2/c1-4-9-16-14(6-5-10-18-2)11-13-7-8-15(19-3)17-12-13/h7-8,12,14,16H,4-6,9-11H2,1-3H3. The minimum absolute atomic E-state index is 0.491. The van der Waals surface area contributed by atoms with E-state index in [1.165, 1.54) is 5.56 Å². The average molecular weight is 266 g/mol. The van der Waals surface area contributed by atoms with E-state index in [9.17, 15) is 0 Å². The van der Waals surface area contributed by atoms with Crippen molar-refractivity contribution >= 4 is 0 Å². The molecule has 108 valence electrons. The molecule has 0 aliphatic heterocycles. The Balaban J connectivity index is 2.48. The smallest absolute Gasteiger partial charge is 0.212 e. The molecule has 4 heteroatoms. The fraction of sp³-hybridized carbons (Fsp3) is 0.667. The van der Waals surface area contributed by atoms with E-state index in [1.54, 1.807) is 14.2 Å². The molecule has 0 bridgehead atoms. The Morgan fingerprint density at radius 1 is 1.32 bits per heavy atom. The van der Waals surface area contributed by atoms with Gasteiger partial charge in [-0.3, -0.25) is 0 Å². The van der Waals surface area contributed by atoms with E-state index in [-0.39, 0.29) is 0 Å². The van der Waals surface area contributed by atoms with Crippen LogP contribution in [0, 0.1) is 0 Å². The van der Waals surface area contributed by atoms with Crippen molar-refractivity contribution in [2.45, 2.75) is 38.6 Å². The Bertz CT molecular complexity index is 327. The van der Waals surface area contributed by atoms with Gasteiger partial charge in [-0.25, -0.2) is 4.98 Å². The molecule has 0 saturated heterocycles. The van der Waals surface area contributed by atoms with Crippen molar-refractivity contribution in [3.63, 3.8) is 0 Å². The van der Waals surface area contributed by atoms with Gasteiger partial charge in [0, 0.05) is 32.0 Å². The summed E-state index contributed by atoms with van der Waals surface area (Å²) < 4.78 is 10.2. The van der Waals surface area contributed by atoms with Crippen LogP contribution in [0.4, 0.5) is 0 Å². The first kappa shape index (κ1) is 15.9. The van der Waals surface area contributed by atoms with E-state index < -0.39 is 0 Å². The van der Waals surface area contributed by atoms with Gasteiger partial charge in [0.1, 0.15) is 0 Å². The second-order valence-corrected chi connectivity index (χ2v) is 4.70. The van der Waals surface area contributed by atoms with Gasteiger partial charge in [0.2, 0.25) is 5.88 Å². The Labute approximate surface area is 116 Å². The SMILES string of the molecule is CCCNC(CCCOC)Cc1ccc(OC)nc1. The van der Waals surface area contributed by atoms with Crippen LogP contribution in [0.3, 0.4) is 0 Å². The van der Waals surface area contributed by atoms with Crippen molar-refractivity contribution in [3.05, 3.63) is 23.9 Å². The van der Waals surface area contributed by atoms with E-state index in [0.717, 1.165) is 38.8 Å². The molecule has 4 nitrogen and oxygen atoms in total. The van der Waals surface area contributed by atoms with Crippen LogP contribution in [0.2, 0.25) is 0 Å². The van der Waals surface area contributed by atoms with Gasteiger partial charge in [0.25, 0.3) is 0 Å². The van der Waals surface area contributed by atoms with Gasteiger partial charge in [-0.15, -0.1) is 0 Å². The third kappa shape index (κ3) is 6.55. The fourth-order valence-electron chi connectivity index (χ4n) is 2.04. The van der Waals surface area contributed by atoms with Gasteiger partial charge in [0.15, 0.2) is 0 Å². The molecule has 0 amide bonds. The Morgan fingerprint density at radius 2 is 2.16 bits per heavy atom. The lowest BCUT2D eigenvalue weighted by Crippen LogP contribution is -2.32. The number of nitrogens with zero attached hydrogens (tertiary/aromatic N) is 1. The van der Waals surface area contributed by atoms with Crippen molar-refractivity contribution in [1.29, 1.82) is 0 Å². The average Bonchev–Trinajstić information content (AvgIpc) is 2.45. The number of nitrogens with one attached hydrogen (secondary N) is 1. The quantitative estimate of drug-likeness (QED) is 0.661. The zero-order valence-electron chi connectivity index (χ0n) is 12.3. The molecule has 0 spiro atoms. The van der Waals surface area contributed by atoms with Gasteiger partial charge in [-0.1, -0.05) is 13.0 Å². The Kier molecular flexibility index (Phi) is 8.18. The van der Waals surface area contributed by atoms with Gasteiger partial charge >= 0.3 is 0 Å². The molecule has 19 heavy (non-hydrogen) atoms. The molecular weight excluding hydrogens is 240 g/mol. The summed E-state index contributed by atoms with van der Waals surface area (Å²) in [4.78, 5) is 4.25. The van der Waals surface area contributed by atoms with Gasteiger partial charge in [-0.2, -0.15) is 0 Å². The number of hydrogen-bond donors (Lipinski definition) is 1. The number of rotatable bonds is 10. The molecular formula is C15H26N2O2. The summed E-state index contributed by atoms with van der Waals surface area (Å²) in [5.41, 5.74) is 1.24. The Hall–Kier alpha value is -1.13. The first-order valence-electron chi connectivity index (χ1n) is 7.01. The van der Waals surface area contributed by atoms with Crippen LogP contribution in [0.5, 0.6) is 5.88 Å². The third-order valence-corrected chi connectivity index (χ3v) is 3.07. The zero-order valence-corrected chi connectivity index (χ0v) is 12.3. The number of ether oxygens (including phenoxy) is 2. The van der Waals surface area contributed by atoms with Crippen LogP contribution in [0.15, 0.2) is 18.3 Å². The summed E-state index contributed by atoms with van der Waals surface area (Å²) in [6.07, 6.45) is 6.26. The third-order valence-electron chi connectivity index (χ3n) is 3.07. The number of hydrogen-bond acceptors (Lipinski definition) is 4. The second kappa shape index (κ2) is 9.75. The predicted molar refractivity (Wildman–Crippen MR) is 77.7 cm³/mol. The number of methoxy groups -OCH3 is 2. The lowest BCUT2D eigenvalue weighted by atomic mass is 10.0. The second-order valence-electron chi connectivity index (χ2n) is 4.70. The molecule has 0 aliphatic rings. The fourth-order valence-corrected chi connectivity index (χ4v) is 2.04. The van der Waals surface area contributed by atoms with E-state index in [4.69, 9.17) is 9.47 Å². The number of pyridine rings is 1. The molecule has 1 atom stereocenters. The summed E-state index contributed by atoms with van der Waals surface area (Å²) in [5, 5.41) is 3.59. The van der Waals surface area contributed by atoms with E-state index >= 15 is 0 Å².